The minimum absolute atomic E-state index is 0.159. The summed E-state index contributed by atoms with van der Waals surface area (Å²) in [4.78, 5) is 2.05. The monoisotopic (exact) mass is 361 g/mol. The minimum atomic E-state index is -0.172. The fourth-order valence-electron chi connectivity index (χ4n) is 2.59. The molecule has 0 radical (unpaired) electrons. The largest absolute Gasteiger partial charge is 0.733 e. The molecule has 0 saturated carbocycles. The highest BCUT2D eigenvalue weighted by Crippen LogP contribution is 2.19. The van der Waals surface area contributed by atoms with Gasteiger partial charge in [0, 0.05) is 30.9 Å². The summed E-state index contributed by atoms with van der Waals surface area (Å²) >= 11 is 0. The number of hydrogen-bond donors (Lipinski definition) is 2. The van der Waals surface area contributed by atoms with Crippen LogP contribution in [0.3, 0.4) is 0 Å². The maximum atomic E-state index is 10.9. The first kappa shape index (κ1) is 18.4. The number of nitrogens with zero attached hydrogens (tertiary/aromatic N) is 3. The molecule has 0 aliphatic carbocycles. The van der Waals surface area contributed by atoms with Gasteiger partial charge in [-0.2, -0.15) is 5.10 Å². The third-order valence-electron chi connectivity index (χ3n) is 4.09. The van der Waals surface area contributed by atoms with Gasteiger partial charge in [-0.05, 0) is 36.4 Å². The Morgan fingerprint density at radius 1 is 0.815 bits per heavy atom. The van der Waals surface area contributed by atoms with E-state index in [1.807, 2.05) is 73.6 Å². The molecule has 6 heteroatoms. The fourth-order valence-corrected chi connectivity index (χ4v) is 2.59. The molecule has 0 spiro atoms. The van der Waals surface area contributed by atoms with Crippen molar-refractivity contribution < 1.29 is 5.21 Å². The molecular weight excluding hydrogens is 340 g/mol. The normalized spacial score (nSPS) is 11.2. The van der Waals surface area contributed by atoms with E-state index < -0.39 is 0 Å². The van der Waals surface area contributed by atoms with E-state index >= 15 is 0 Å². The lowest BCUT2D eigenvalue weighted by Crippen LogP contribution is -2.10. The zero-order valence-electron chi connectivity index (χ0n) is 15.2. The first-order valence-corrected chi connectivity index (χ1v) is 8.47. The van der Waals surface area contributed by atoms with Crippen LogP contribution in [0.25, 0.3) is 0 Å². The van der Waals surface area contributed by atoms with E-state index in [2.05, 4.69) is 10.5 Å². The Morgan fingerprint density at radius 3 is 1.93 bits per heavy atom. The summed E-state index contributed by atoms with van der Waals surface area (Å²) in [7, 11) is 4.00. The molecule has 3 aromatic carbocycles. The molecule has 6 nitrogen and oxygen atoms in total. The summed E-state index contributed by atoms with van der Waals surface area (Å²) in [6, 6.07) is 24.5. The molecule has 0 saturated heterocycles. The van der Waals surface area contributed by atoms with Crippen molar-refractivity contribution in [2.45, 2.75) is 0 Å². The third-order valence-corrected chi connectivity index (χ3v) is 4.09. The quantitative estimate of drug-likeness (QED) is 0.505. The lowest BCUT2D eigenvalue weighted by Gasteiger charge is -2.21. The van der Waals surface area contributed by atoms with Crippen LogP contribution in [0.15, 0.2) is 84.0 Å². The van der Waals surface area contributed by atoms with Crippen LogP contribution in [0.5, 0.6) is 0 Å². The molecule has 3 aromatic rings. The Balaban J connectivity index is 1.91. The van der Waals surface area contributed by atoms with Crippen LogP contribution >= 0.6 is 0 Å². The molecule has 0 aliphatic rings. The Labute approximate surface area is 158 Å². The standard InChI is InChI=1S/C21H21N4O2/c1-24(2)19-12-8-17(9-13-19)21(16-6-4-3-5-7-16)23-22-18-10-14-20(15-11-18)25(26)27/h3-15,22,26H,1-2H3/q-1. The zero-order valence-corrected chi connectivity index (χ0v) is 15.2. The van der Waals surface area contributed by atoms with Crippen LogP contribution in [-0.2, 0) is 0 Å². The summed E-state index contributed by atoms with van der Waals surface area (Å²) in [5.41, 5.74) is 7.77. The highest BCUT2D eigenvalue weighted by Gasteiger charge is 2.08. The highest BCUT2D eigenvalue weighted by molar-refractivity contribution is 6.13. The van der Waals surface area contributed by atoms with E-state index in [0.29, 0.717) is 5.69 Å². The van der Waals surface area contributed by atoms with Gasteiger partial charge in [0.2, 0.25) is 0 Å². The van der Waals surface area contributed by atoms with Gasteiger partial charge in [-0.25, -0.2) is 0 Å². The Morgan fingerprint density at radius 2 is 1.37 bits per heavy atom. The average Bonchev–Trinajstić information content (AvgIpc) is 2.69. The van der Waals surface area contributed by atoms with Gasteiger partial charge >= 0.3 is 0 Å². The summed E-state index contributed by atoms with van der Waals surface area (Å²) in [6.45, 7) is 0. The van der Waals surface area contributed by atoms with Crippen molar-refractivity contribution in [2.75, 3.05) is 29.6 Å². The topological polar surface area (TPSA) is 74.2 Å². The molecule has 2 N–H and O–H groups in total. The Kier molecular flexibility index (Phi) is 5.71. The fraction of sp³-hybridized carbons (Fsp3) is 0.0952. The molecule has 0 aromatic heterocycles. The van der Waals surface area contributed by atoms with Gasteiger partial charge in [0.05, 0.1) is 17.1 Å². The molecule has 27 heavy (non-hydrogen) atoms. The van der Waals surface area contributed by atoms with E-state index in [-0.39, 0.29) is 10.9 Å². The van der Waals surface area contributed by atoms with Crippen molar-refractivity contribution in [1.82, 2.24) is 0 Å². The van der Waals surface area contributed by atoms with Gasteiger partial charge in [-0.3, -0.25) is 10.6 Å². The van der Waals surface area contributed by atoms with Gasteiger partial charge in [-0.15, -0.1) is 0 Å². The van der Waals surface area contributed by atoms with E-state index in [1.165, 1.54) is 12.1 Å². The van der Waals surface area contributed by atoms with Crippen LogP contribution in [0.4, 0.5) is 17.1 Å². The molecular formula is C21H21N4O2-. The molecule has 0 atom stereocenters. The predicted molar refractivity (Wildman–Crippen MR) is 111 cm³/mol. The van der Waals surface area contributed by atoms with Gasteiger partial charge < -0.3 is 15.3 Å². The summed E-state index contributed by atoms with van der Waals surface area (Å²) in [6.07, 6.45) is 0. The molecule has 0 amide bonds. The third kappa shape index (κ3) is 4.63. The Bertz CT molecular complexity index is 890. The first-order valence-electron chi connectivity index (χ1n) is 8.47. The lowest BCUT2D eigenvalue weighted by molar-refractivity contribution is 0.296. The van der Waals surface area contributed by atoms with Crippen LogP contribution in [0.2, 0.25) is 0 Å². The van der Waals surface area contributed by atoms with Crippen LogP contribution < -0.4 is 15.6 Å². The maximum absolute atomic E-state index is 10.9. The predicted octanol–water partition coefficient (Wildman–Crippen LogP) is 4.31. The average molecular weight is 361 g/mol. The number of nitrogens with one attached hydrogen (secondary N) is 1. The summed E-state index contributed by atoms with van der Waals surface area (Å²) in [5, 5.41) is 24.2. The molecule has 0 bridgehead atoms. The molecule has 0 fully saturated rings. The van der Waals surface area contributed by atoms with E-state index in [1.54, 1.807) is 12.1 Å². The lowest BCUT2D eigenvalue weighted by atomic mass is 10.0. The molecule has 3 rings (SSSR count). The number of rotatable bonds is 6. The number of benzene rings is 3. The van der Waals surface area contributed by atoms with Gasteiger partial charge in [0.15, 0.2) is 0 Å². The van der Waals surface area contributed by atoms with Gasteiger partial charge in [-0.1, -0.05) is 42.5 Å². The van der Waals surface area contributed by atoms with Gasteiger partial charge in [0.25, 0.3) is 0 Å². The second-order valence-corrected chi connectivity index (χ2v) is 6.20. The summed E-state index contributed by atoms with van der Waals surface area (Å²) < 4.78 is 0. The second-order valence-electron chi connectivity index (χ2n) is 6.20. The number of hydrazone groups is 1. The molecule has 138 valence electrons. The molecule has 0 aliphatic heterocycles. The molecule has 0 unspecified atom stereocenters. The minimum Gasteiger partial charge on any atom is -0.733 e. The van der Waals surface area contributed by atoms with Gasteiger partial charge in [0.1, 0.15) is 0 Å². The van der Waals surface area contributed by atoms with E-state index in [4.69, 9.17) is 5.21 Å². The number of hydrogen-bond acceptors (Lipinski definition) is 6. The zero-order chi connectivity index (χ0) is 19.2. The van der Waals surface area contributed by atoms with Crippen molar-refractivity contribution >= 4 is 22.8 Å². The Hall–Kier alpha value is -3.35. The SMILES string of the molecule is CN(C)c1ccc(C(=NNc2ccc(N([O-])O)cc2)c2ccccc2)cc1. The highest BCUT2D eigenvalue weighted by atomic mass is 16.8. The van der Waals surface area contributed by atoms with Crippen molar-refractivity contribution in [3.8, 4) is 0 Å². The second kappa shape index (κ2) is 8.35. The van der Waals surface area contributed by atoms with Crippen molar-refractivity contribution in [3.63, 3.8) is 0 Å². The van der Waals surface area contributed by atoms with Crippen LogP contribution in [0, 0.1) is 5.21 Å². The van der Waals surface area contributed by atoms with Crippen LogP contribution in [-0.4, -0.2) is 25.0 Å². The molecule has 0 heterocycles. The maximum Gasteiger partial charge on any atom is 0.0977 e. The summed E-state index contributed by atoms with van der Waals surface area (Å²) in [5.74, 6) is 0. The van der Waals surface area contributed by atoms with E-state index in [0.717, 1.165) is 22.5 Å². The first-order chi connectivity index (χ1) is 13.0. The number of anilines is 3. The van der Waals surface area contributed by atoms with Crippen molar-refractivity contribution in [1.29, 1.82) is 0 Å². The van der Waals surface area contributed by atoms with Crippen molar-refractivity contribution in [3.05, 3.63) is 95.2 Å². The smallest absolute Gasteiger partial charge is 0.0977 e. The van der Waals surface area contributed by atoms with E-state index in [9.17, 15) is 5.21 Å². The van der Waals surface area contributed by atoms with Crippen LogP contribution in [0.1, 0.15) is 11.1 Å². The van der Waals surface area contributed by atoms with Crippen molar-refractivity contribution in [2.24, 2.45) is 5.10 Å².